The molecule has 0 aliphatic rings. The maximum Gasteiger partial charge on any atom is 0.120 e. The summed E-state index contributed by atoms with van der Waals surface area (Å²) in [5, 5.41) is 31.1. The molecule has 0 aliphatic carbocycles. The fourth-order valence-electron chi connectivity index (χ4n) is 1.54. The summed E-state index contributed by atoms with van der Waals surface area (Å²) in [4.78, 5) is 0. The summed E-state index contributed by atoms with van der Waals surface area (Å²) in [7, 11) is 0. The maximum absolute atomic E-state index is 9.75. The number of nitrogens with one attached hydrogen (secondary N) is 1. The quantitative estimate of drug-likeness (QED) is 0.658. The van der Waals surface area contributed by atoms with Crippen molar-refractivity contribution in [1.29, 1.82) is 5.26 Å². The predicted molar refractivity (Wildman–Crippen MR) is 76.4 cm³/mol. The molecule has 5 heteroatoms. The molecule has 2 unspecified atom stereocenters. The Balaban J connectivity index is 2.26. The summed E-state index contributed by atoms with van der Waals surface area (Å²) in [6.45, 7) is 4.81. The van der Waals surface area contributed by atoms with Gasteiger partial charge in [0.15, 0.2) is 0 Å². The van der Waals surface area contributed by atoms with Crippen LogP contribution in [0.15, 0.2) is 24.3 Å². The Morgan fingerprint density at radius 3 is 2.70 bits per heavy atom. The number of hydrogen-bond donors (Lipinski definition) is 3. The lowest BCUT2D eigenvalue weighted by molar-refractivity contribution is 0.0908. The molecule has 0 spiro atoms. The van der Waals surface area contributed by atoms with E-state index in [0.29, 0.717) is 24.4 Å². The van der Waals surface area contributed by atoms with Gasteiger partial charge in [0, 0.05) is 13.1 Å². The summed E-state index contributed by atoms with van der Waals surface area (Å²) in [6.07, 6.45) is -1.09. The van der Waals surface area contributed by atoms with Crippen molar-refractivity contribution in [3.63, 3.8) is 0 Å². The molecule has 0 fully saturated rings. The fraction of sp³-hybridized carbons (Fsp3) is 0.533. The number of nitriles is 1. The minimum atomic E-state index is -0.667. The lowest BCUT2D eigenvalue weighted by Gasteiger charge is -2.17. The van der Waals surface area contributed by atoms with E-state index in [1.165, 1.54) is 0 Å². The van der Waals surface area contributed by atoms with E-state index in [1.54, 1.807) is 24.3 Å². The molecule has 20 heavy (non-hydrogen) atoms. The summed E-state index contributed by atoms with van der Waals surface area (Å²) < 4.78 is 5.41. The van der Waals surface area contributed by atoms with Gasteiger partial charge in [0.25, 0.3) is 0 Å². The first kappa shape index (κ1) is 16.4. The van der Waals surface area contributed by atoms with Crippen molar-refractivity contribution in [3.05, 3.63) is 29.8 Å². The molecule has 110 valence electrons. The third-order valence-electron chi connectivity index (χ3n) is 2.91. The smallest absolute Gasteiger partial charge is 0.120 e. The number of aliphatic hydroxyl groups is 2. The highest BCUT2D eigenvalue weighted by Crippen LogP contribution is 2.12. The lowest BCUT2D eigenvalue weighted by atomic mass is 10.1. The molecule has 0 aromatic heterocycles. The standard InChI is InChI=1S/C15H22N2O3/c1-11(2)15(19)9-17-8-13(18)10-20-14-5-3-4-12(6-14)7-16/h3-6,11,13,15,17-19H,8-10H2,1-2H3. The lowest BCUT2D eigenvalue weighted by Crippen LogP contribution is -2.37. The van der Waals surface area contributed by atoms with Gasteiger partial charge in [-0.25, -0.2) is 0 Å². The van der Waals surface area contributed by atoms with E-state index in [4.69, 9.17) is 10.00 Å². The average molecular weight is 278 g/mol. The number of benzene rings is 1. The van der Waals surface area contributed by atoms with Crippen molar-refractivity contribution in [2.24, 2.45) is 5.92 Å². The molecule has 0 heterocycles. The Kier molecular flexibility index (Phi) is 7.02. The Labute approximate surface area is 119 Å². The van der Waals surface area contributed by atoms with E-state index in [2.05, 4.69) is 5.32 Å². The SMILES string of the molecule is CC(C)C(O)CNCC(O)COc1cccc(C#N)c1. The van der Waals surface area contributed by atoms with Crippen molar-refractivity contribution in [1.82, 2.24) is 5.32 Å². The predicted octanol–water partition coefficient (Wildman–Crippen LogP) is 0.904. The van der Waals surface area contributed by atoms with Crippen LogP contribution in [0.4, 0.5) is 0 Å². The second-order valence-corrected chi connectivity index (χ2v) is 5.07. The number of rotatable bonds is 8. The van der Waals surface area contributed by atoms with Crippen molar-refractivity contribution in [2.45, 2.75) is 26.1 Å². The molecule has 1 rings (SSSR count). The first-order valence-corrected chi connectivity index (χ1v) is 6.72. The summed E-state index contributed by atoms with van der Waals surface area (Å²) in [5.41, 5.74) is 0.523. The molecule has 5 nitrogen and oxygen atoms in total. The van der Waals surface area contributed by atoms with Gasteiger partial charge in [-0.2, -0.15) is 5.26 Å². The monoisotopic (exact) mass is 278 g/mol. The zero-order chi connectivity index (χ0) is 15.0. The molecule has 0 bridgehead atoms. The zero-order valence-electron chi connectivity index (χ0n) is 11.9. The molecule has 2 atom stereocenters. The van der Waals surface area contributed by atoms with E-state index < -0.39 is 12.2 Å². The summed E-state index contributed by atoms with van der Waals surface area (Å²) in [5.74, 6) is 0.745. The molecule has 3 N–H and O–H groups in total. The molecule has 0 saturated carbocycles. The van der Waals surface area contributed by atoms with Crippen LogP contribution in [-0.4, -0.2) is 42.1 Å². The van der Waals surface area contributed by atoms with Crippen molar-refractivity contribution >= 4 is 0 Å². The second-order valence-electron chi connectivity index (χ2n) is 5.07. The molecule has 1 aromatic carbocycles. The van der Waals surface area contributed by atoms with Crippen LogP contribution in [0.2, 0.25) is 0 Å². The van der Waals surface area contributed by atoms with Gasteiger partial charge >= 0.3 is 0 Å². The van der Waals surface area contributed by atoms with Crippen molar-refractivity contribution in [2.75, 3.05) is 19.7 Å². The summed E-state index contributed by atoms with van der Waals surface area (Å²) >= 11 is 0. The maximum atomic E-state index is 9.75. The zero-order valence-corrected chi connectivity index (χ0v) is 11.9. The van der Waals surface area contributed by atoms with E-state index in [1.807, 2.05) is 19.9 Å². The van der Waals surface area contributed by atoms with Gasteiger partial charge in [-0.3, -0.25) is 0 Å². The van der Waals surface area contributed by atoms with Gasteiger partial charge in [-0.05, 0) is 24.1 Å². The van der Waals surface area contributed by atoms with Crippen LogP contribution in [0, 0.1) is 17.2 Å². The van der Waals surface area contributed by atoms with Gasteiger partial charge in [0.05, 0.1) is 17.7 Å². The van der Waals surface area contributed by atoms with E-state index in [0.717, 1.165) is 0 Å². The Bertz CT molecular complexity index is 443. The van der Waals surface area contributed by atoms with Crippen LogP contribution in [0.25, 0.3) is 0 Å². The third-order valence-corrected chi connectivity index (χ3v) is 2.91. The van der Waals surface area contributed by atoms with Gasteiger partial charge < -0.3 is 20.3 Å². The number of nitrogens with zero attached hydrogens (tertiary/aromatic N) is 1. The highest BCUT2D eigenvalue weighted by molar-refractivity contribution is 5.36. The van der Waals surface area contributed by atoms with Crippen molar-refractivity contribution in [3.8, 4) is 11.8 Å². The minimum absolute atomic E-state index is 0.139. The summed E-state index contributed by atoms with van der Waals surface area (Å²) in [6, 6.07) is 8.82. The highest BCUT2D eigenvalue weighted by atomic mass is 16.5. The topological polar surface area (TPSA) is 85.5 Å². The van der Waals surface area contributed by atoms with Gasteiger partial charge in [0.1, 0.15) is 18.5 Å². The Hall–Kier alpha value is -1.61. The molecule has 0 radical (unpaired) electrons. The molecule has 0 aliphatic heterocycles. The normalized spacial score (nSPS) is 13.8. The fourth-order valence-corrected chi connectivity index (χ4v) is 1.54. The van der Waals surface area contributed by atoms with Crippen LogP contribution in [0.5, 0.6) is 5.75 Å². The van der Waals surface area contributed by atoms with E-state index in [-0.39, 0.29) is 12.5 Å². The highest BCUT2D eigenvalue weighted by Gasteiger charge is 2.10. The first-order chi connectivity index (χ1) is 9.52. The van der Waals surface area contributed by atoms with Crippen LogP contribution in [0.3, 0.4) is 0 Å². The largest absolute Gasteiger partial charge is 0.491 e. The molecular formula is C15H22N2O3. The minimum Gasteiger partial charge on any atom is -0.491 e. The Morgan fingerprint density at radius 2 is 2.05 bits per heavy atom. The third kappa shape index (κ3) is 6.02. The molecule has 1 aromatic rings. The van der Waals surface area contributed by atoms with Gasteiger partial charge in [-0.1, -0.05) is 19.9 Å². The van der Waals surface area contributed by atoms with Gasteiger partial charge in [0.2, 0.25) is 0 Å². The second kappa shape index (κ2) is 8.54. The number of hydrogen-bond acceptors (Lipinski definition) is 5. The molecule has 0 amide bonds. The van der Waals surface area contributed by atoms with E-state index in [9.17, 15) is 10.2 Å². The van der Waals surface area contributed by atoms with Gasteiger partial charge in [-0.15, -0.1) is 0 Å². The molecule has 0 saturated heterocycles. The van der Waals surface area contributed by atoms with Crippen LogP contribution in [-0.2, 0) is 0 Å². The number of aliphatic hydroxyl groups excluding tert-OH is 2. The Morgan fingerprint density at radius 1 is 1.30 bits per heavy atom. The van der Waals surface area contributed by atoms with Crippen molar-refractivity contribution < 1.29 is 14.9 Å². The van der Waals surface area contributed by atoms with E-state index >= 15 is 0 Å². The van der Waals surface area contributed by atoms with Crippen LogP contribution < -0.4 is 10.1 Å². The van der Waals surface area contributed by atoms with Crippen LogP contribution in [0.1, 0.15) is 19.4 Å². The average Bonchev–Trinajstić information content (AvgIpc) is 2.45. The van der Waals surface area contributed by atoms with Crippen LogP contribution >= 0.6 is 0 Å². The number of ether oxygens (including phenoxy) is 1. The first-order valence-electron chi connectivity index (χ1n) is 6.72. The molecular weight excluding hydrogens is 256 g/mol.